The number of esters is 1. The van der Waals surface area contributed by atoms with E-state index in [1.54, 1.807) is 24.3 Å². The van der Waals surface area contributed by atoms with Crippen molar-refractivity contribution in [3.63, 3.8) is 0 Å². The highest BCUT2D eigenvalue weighted by Crippen LogP contribution is 2.20. The molecular weight excluding hydrogens is 358 g/mol. The lowest BCUT2D eigenvalue weighted by molar-refractivity contribution is 0.0734. The predicted octanol–water partition coefficient (Wildman–Crippen LogP) is 5.94. The molecule has 0 saturated heterocycles. The molecule has 0 aliphatic rings. The van der Waals surface area contributed by atoms with Gasteiger partial charge >= 0.3 is 12.1 Å². The lowest BCUT2D eigenvalue weighted by atomic mass is 10.2. The van der Waals surface area contributed by atoms with Gasteiger partial charge in [0.2, 0.25) is 0 Å². The van der Waals surface area contributed by atoms with Gasteiger partial charge in [0.1, 0.15) is 11.5 Å². The Balaban J connectivity index is 1.77. The maximum Gasteiger partial charge on any atom is 0.513 e. The van der Waals surface area contributed by atoms with Crippen LogP contribution in [0.5, 0.6) is 11.5 Å². The number of carbonyl (C=O) groups is 2. The monoisotopic (exact) mass is 381 g/mol. The van der Waals surface area contributed by atoms with Crippen molar-refractivity contribution in [2.24, 2.45) is 0 Å². The number of ether oxygens (including phenoxy) is 3. The molecule has 6 nitrogen and oxygen atoms in total. The molecule has 0 aliphatic carbocycles. The van der Waals surface area contributed by atoms with E-state index < -0.39 is 12.1 Å². The van der Waals surface area contributed by atoms with Gasteiger partial charge in [-0.05, 0) is 42.8 Å². The van der Waals surface area contributed by atoms with Crippen LogP contribution in [-0.2, 0) is 4.74 Å². The smallest absolute Gasteiger partial charge is 0.434 e. The van der Waals surface area contributed by atoms with Crippen LogP contribution in [0.15, 0.2) is 48.5 Å². The fourth-order valence-electron chi connectivity index (χ4n) is 2.40. The molecule has 0 aliphatic heterocycles. The predicted molar refractivity (Wildman–Crippen MR) is 105 cm³/mol. The summed E-state index contributed by atoms with van der Waals surface area (Å²) >= 11 is 0. The number of nitrogens with zero attached hydrogens (tertiary/aromatic N) is 1. The van der Waals surface area contributed by atoms with Gasteiger partial charge in [0.05, 0.1) is 18.7 Å². The van der Waals surface area contributed by atoms with Gasteiger partial charge in [-0.15, -0.1) is 0 Å². The number of hydrogen-bond acceptors (Lipinski definition) is 5. The Morgan fingerprint density at radius 1 is 0.857 bits per heavy atom. The molecule has 28 heavy (non-hydrogen) atoms. The Hall–Kier alpha value is -3.33. The van der Waals surface area contributed by atoms with Crippen molar-refractivity contribution in [3.05, 3.63) is 65.5 Å². The third-order valence-electron chi connectivity index (χ3n) is 3.94. The van der Waals surface area contributed by atoms with Crippen molar-refractivity contribution >= 4 is 17.8 Å². The van der Waals surface area contributed by atoms with Crippen LogP contribution in [0, 0.1) is 6.57 Å². The summed E-state index contributed by atoms with van der Waals surface area (Å²) in [6.07, 6.45) is 4.57. The number of carbonyl (C=O) groups excluding carboxylic acids is 2. The molecule has 0 heterocycles. The van der Waals surface area contributed by atoms with E-state index in [1.807, 2.05) is 0 Å². The fourth-order valence-corrected chi connectivity index (χ4v) is 2.40. The Kier molecular flexibility index (Phi) is 8.54. The molecular formula is C22H23NO5. The van der Waals surface area contributed by atoms with Gasteiger partial charge in [-0.3, -0.25) is 0 Å². The summed E-state index contributed by atoms with van der Waals surface area (Å²) in [5.41, 5.74) is 0.778. The van der Waals surface area contributed by atoms with Gasteiger partial charge in [0.15, 0.2) is 5.69 Å². The minimum absolute atomic E-state index is 0.286. The molecule has 2 aromatic rings. The molecule has 6 heteroatoms. The average molecular weight is 381 g/mol. The Morgan fingerprint density at radius 2 is 1.46 bits per heavy atom. The third kappa shape index (κ3) is 7.12. The molecule has 0 aromatic heterocycles. The first kappa shape index (κ1) is 21.0. The second kappa shape index (κ2) is 11.4. The van der Waals surface area contributed by atoms with Gasteiger partial charge in [-0.2, -0.15) is 0 Å². The summed E-state index contributed by atoms with van der Waals surface area (Å²) in [6.45, 7) is 9.38. The van der Waals surface area contributed by atoms with Crippen LogP contribution in [0.3, 0.4) is 0 Å². The van der Waals surface area contributed by atoms with Gasteiger partial charge in [-0.25, -0.2) is 14.4 Å². The molecule has 0 fully saturated rings. The summed E-state index contributed by atoms with van der Waals surface area (Å²) in [5, 5.41) is 0. The lowest BCUT2D eigenvalue weighted by Crippen LogP contribution is -2.12. The molecule has 0 unspecified atom stereocenters. The van der Waals surface area contributed by atoms with Crippen molar-refractivity contribution in [1.82, 2.24) is 0 Å². The molecule has 146 valence electrons. The lowest BCUT2D eigenvalue weighted by Gasteiger charge is -2.07. The van der Waals surface area contributed by atoms with E-state index in [4.69, 9.17) is 20.8 Å². The number of rotatable bonds is 9. The van der Waals surface area contributed by atoms with E-state index in [0.29, 0.717) is 23.6 Å². The van der Waals surface area contributed by atoms with E-state index in [0.717, 1.165) is 19.3 Å². The molecule has 0 radical (unpaired) electrons. The maximum atomic E-state index is 12.1. The van der Waals surface area contributed by atoms with E-state index in [1.165, 1.54) is 37.1 Å². The molecule has 2 rings (SSSR count). The normalized spacial score (nSPS) is 10.0. The van der Waals surface area contributed by atoms with E-state index in [9.17, 15) is 9.59 Å². The largest absolute Gasteiger partial charge is 0.513 e. The quantitative estimate of drug-likeness (QED) is 0.177. The van der Waals surface area contributed by atoms with Crippen LogP contribution in [0.25, 0.3) is 4.85 Å². The van der Waals surface area contributed by atoms with Crippen molar-refractivity contribution < 1.29 is 23.8 Å². The van der Waals surface area contributed by atoms with E-state index in [-0.39, 0.29) is 5.75 Å². The second-order valence-electron chi connectivity index (χ2n) is 6.13. The van der Waals surface area contributed by atoms with Gasteiger partial charge in [0, 0.05) is 0 Å². The van der Waals surface area contributed by atoms with Crippen LogP contribution >= 0.6 is 0 Å². The van der Waals surface area contributed by atoms with Crippen LogP contribution < -0.4 is 9.47 Å². The van der Waals surface area contributed by atoms with Gasteiger partial charge in [0.25, 0.3) is 0 Å². The third-order valence-corrected chi connectivity index (χ3v) is 3.94. The first-order valence-corrected chi connectivity index (χ1v) is 9.26. The zero-order valence-corrected chi connectivity index (χ0v) is 15.8. The minimum Gasteiger partial charge on any atom is -0.434 e. The van der Waals surface area contributed by atoms with Crippen LogP contribution in [-0.4, -0.2) is 18.7 Å². The van der Waals surface area contributed by atoms with E-state index >= 15 is 0 Å². The average Bonchev–Trinajstić information content (AvgIpc) is 2.71. The van der Waals surface area contributed by atoms with Crippen LogP contribution in [0.2, 0.25) is 0 Å². The summed E-state index contributed by atoms with van der Waals surface area (Å²) in [5.74, 6) is 0.0888. The van der Waals surface area contributed by atoms with E-state index in [2.05, 4.69) is 11.8 Å². The fraction of sp³-hybridized carbons (Fsp3) is 0.318. The maximum absolute atomic E-state index is 12.1. The summed E-state index contributed by atoms with van der Waals surface area (Å²) in [7, 11) is 0. The second-order valence-corrected chi connectivity index (χ2v) is 6.13. The standard InChI is InChI=1S/C22H23NO5/c1-3-4-5-6-7-16-26-22(25)28-20-12-8-17(9-13-20)21(24)27-19-14-10-18(23-2)11-15-19/h8-15H,3-7,16H2,1H3. The Bertz CT molecular complexity index is 806. The van der Waals surface area contributed by atoms with Crippen molar-refractivity contribution in [1.29, 1.82) is 0 Å². The van der Waals surface area contributed by atoms with Crippen molar-refractivity contribution in [2.45, 2.75) is 39.0 Å². The Labute approximate surface area is 164 Å². The van der Waals surface area contributed by atoms with Gasteiger partial charge < -0.3 is 14.2 Å². The molecule has 0 spiro atoms. The van der Waals surface area contributed by atoms with Crippen LogP contribution in [0.4, 0.5) is 10.5 Å². The minimum atomic E-state index is -0.759. The summed E-state index contributed by atoms with van der Waals surface area (Å²) in [4.78, 5) is 27.1. The Morgan fingerprint density at radius 3 is 2.11 bits per heavy atom. The molecule has 0 N–H and O–H groups in total. The molecule has 0 saturated carbocycles. The van der Waals surface area contributed by atoms with Crippen molar-refractivity contribution in [2.75, 3.05) is 6.61 Å². The summed E-state index contributed by atoms with van der Waals surface area (Å²) in [6, 6.07) is 12.3. The highest BCUT2D eigenvalue weighted by atomic mass is 16.7. The number of hydrogen-bond donors (Lipinski definition) is 0. The number of unbranched alkanes of at least 4 members (excludes halogenated alkanes) is 4. The molecule has 0 amide bonds. The first-order valence-electron chi connectivity index (χ1n) is 9.26. The highest BCUT2D eigenvalue weighted by Gasteiger charge is 2.11. The first-order chi connectivity index (χ1) is 13.6. The zero-order chi connectivity index (χ0) is 20.2. The molecule has 0 atom stereocenters. The van der Waals surface area contributed by atoms with Crippen molar-refractivity contribution in [3.8, 4) is 11.5 Å². The van der Waals surface area contributed by atoms with Gasteiger partial charge in [-0.1, -0.05) is 44.7 Å². The van der Waals surface area contributed by atoms with Crippen LogP contribution in [0.1, 0.15) is 49.4 Å². The SMILES string of the molecule is [C-]#[N+]c1ccc(OC(=O)c2ccc(OC(=O)OCCCCCCC)cc2)cc1. The topological polar surface area (TPSA) is 66.2 Å². The molecule has 0 bridgehead atoms. The number of benzene rings is 2. The zero-order valence-electron chi connectivity index (χ0n) is 15.8. The summed E-state index contributed by atoms with van der Waals surface area (Å²) < 4.78 is 15.3. The highest BCUT2D eigenvalue weighted by molar-refractivity contribution is 5.91. The molecule has 2 aromatic carbocycles.